The molecule has 0 radical (unpaired) electrons. The third kappa shape index (κ3) is 3.70. The van der Waals surface area contributed by atoms with Gasteiger partial charge >= 0.3 is 12.1 Å². The summed E-state index contributed by atoms with van der Waals surface area (Å²) in [5, 5.41) is 0. The molecular weight excluding hydrogens is 235 g/mol. The Morgan fingerprint density at radius 2 is 1.87 bits per heavy atom. The third-order valence-corrected chi connectivity index (χ3v) is 2.18. The van der Waals surface area contributed by atoms with Gasteiger partial charge < -0.3 is 4.90 Å². The molecule has 0 aliphatic carbocycles. The normalized spacial score (nSPS) is 13.5. The van der Waals surface area contributed by atoms with Crippen LogP contribution in [-0.4, -0.2) is 41.7 Å². The minimum Gasteiger partial charge on any atom is -0.328 e. The van der Waals surface area contributed by atoms with Gasteiger partial charge in [0.15, 0.2) is 5.78 Å². The van der Waals surface area contributed by atoms with E-state index >= 15 is 0 Å². The second-order valence-electron chi connectivity index (χ2n) is 2.94. The fourth-order valence-corrected chi connectivity index (χ4v) is 1.33. The fraction of sp³-hybridized carbons (Fsp3) is 0.750. The summed E-state index contributed by atoms with van der Waals surface area (Å²) < 4.78 is 36.1. The van der Waals surface area contributed by atoms with Gasteiger partial charge in [-0.05, 0) is 6.42 Å². The molecule has 0 aliphatic heterocycles. The zero-order valence-electron chi connectivity index (χ0n) is 8.27. The Kier molecular flexibility index (Phi) is 5.07. The first-order valence-electron chi connectivity index (χ1n) is 4.18. The number of carbonyl (C=O) groups is 2. The van der Waals surface area contributed by atoms with E-state index in [0.717, 1.165) is 7.05 Å². The van der Waals surface area contributed by atoms with Crippen molar-refractivity contribution in [2.45, 2.75) is 25.6 Å². The van der Waals surface area contributed by atoms with Gasteiger partial charge in [0.25, 0.3) is 0 Å². The van der Waals surface area contributed by atoms with Gasteiger partial charge in [-0.2, -0.15) is 13.2 Å². The van der Waals surface area contributed by atoms with E-state index < -0.39 is 29.8 Å². The topological polar surface area (TPSA) is 37.4 Å². The number of Topliss-reactive ketones (excluding diaryl/α,β-unsaturated/α-hetero) is 1. The van der Waals surface area contributed by atoms with Crippen LogP contribution in [0.1, 0.15) is 13.3 Å². The molecule has 88 valence electrons. The SMILES string of the molecule is CCC(C(=O)CCl)N(C)C(=O)C(F)(F)F. The highest BCUT2D eigenvalue weighted by Gasteiger charge is 2.43. The minimum atomic E-state index is -4.96. The lowest BCUT2D eigenvalue weighted by molar-refractivity contribution is -0.186. The monoisotopic (exact) mass is 245 g/mol. The molecule has 0 aromatic carbocycles. The molecule has 0 saturated heterocycles. The van der Waals surface area contributed by atoms with Gasteiger partial charge in [0.1, 0.15) is 0 Å². The maximum absolute atomic E-state index is 12.0. The molecule has 1 atom stereocenters. The van der Waals surface area contributed by atoms with Crippen LogP contribution in [0.3, 0.4) is 0 Å². The molecular formula is C8H11ClF3NO2. The van der Waals surface area contributed by atoms with Crippen molar-refractivity contribution >= 4 is 23.3 Å². The van der Waals surface area contributed by atoms with E-state index in [1.807, 2.05) is 0 Å². The Morgan fingerprint density at radius 1 is 1.40 bits per heavy atom. The minimum absolute atomic E-state index is 0.101. The summed E-state index contributed by atoms with van der Waals surface area (Å²) in [6.07, 6.45) is -4.86. The Morgan fingerprint density at radius 3 is 2.13 bits per heavy atom. The highest BCUT2D eigenvalue weighted by Crippen LogP contribution is 2.20. The van der Waals surface area contributed by atoms with Crippen LogP contribution in [0.5, 0.6) is 0 Å². The molecule has 15 heavy (non-hydrogen) atoms. The van der Waals surface area contributed by atoms with Crippen LogP contribution in [0.4, 0.5) is 13.2 Å². The second-order valence-corrected chi connectivity index (χ2v) is 3.21. The zero-order valence-corrected chi connectivity index (χ0v) is 9.02. The van der Waals surface area contributed by atoms with E-state index in [1.165, 1.54) is 6.92 Å². The lowest BCUT2D eigenvalue weighted by atomic mass is 10.1. The summed E-state index contributed by atoms with van der Waals surface area (Å²) in [5.41, 5.74) is 0. The molecule has 0 spiro atoms. The van der Waals surface area contributed by atoms with Crippen LogP contribution < -0.4 is 0 Å². The van der Waals surface area contributed by atoms with Crippen molar-refractivity contribution in [2.75, 3.05) is 12.9 Å². The maximum Gasteiger partial charge on any atom is 0.471 e. The molecule has 0 aliphatic rings. The molecule has 0 fully saturated rings. The van der Waals surface area contributed by atoms with Crippen LogP contribution >= 0.6 is 11.6 Å². The van der Waals surface area contributed by atoms with E-state index in [9.17, 15) is 22.8 Å². The van der Waals surface area contributed by atoms with Crippen LogP contribution in [0.2, 0.25) is 0 Å². The highest BCUT2D eigenvalue weighted by molar-refractivity contribution is 6.28. The standard InChI is InChI=1S/C8H11ClF3NO2/c1-3-5(6(14)4-9)13(2)7(15)8(10,11)12/h5H,3-4H2,1-2H3. The predicted octanol–water partition coefficient (Wildman–Crippen LogP) is 1.59. The first kappa shape index (κ1) is 14.2. The van der Waals surface area contributed by atoms with Crippen LogP contribution in [0.25, 0.3) is 0 Å². The second kappa shape index (κ2) is 5.34. The van der Waals surface area contributed by atoms with Crippen molar-refractivity contribution in [1.82, 2.24) is 4.90 Å². The van der Waals surface area contributed by atoms with Crippen molar-refractivity contribution in [3.63, 3.8) is 0 Å². The number of carbonyl (C=O) groups excluding carboxylic acids is 2. The van der Waals surface area contributed by atoms with Gasteiger partial charge in [-0.25, -0.2) is 0 Å². The number of likely N-dealkylation sites (N-methyl/N-ethyl adjacent to an activating group) is 1. The Balaban J connectivity index is 4.74. The molecule has 0 aromatic heterocycles. The van der Waals surface area contributed by atoms with E-state index in [4.69, 9.17) is 11.6 Å². The van der Waals surface area contributed by atoms with Gasteiger partial charge in [-0.3, -0.25) is 9.59 Å². The average molecular weight is 246 g/mol. The number of hydrogen-bond donors (Lipinski definition) is 0. The maximum atomic E-state index is 12.0. The zero-order chi connectivity index (χ0) is 12.2. The smallest absolute Gasteiger partial charge is 0.328 e. The molecule has 0 saturated carbocycles. The molecule has 0 N–H and O–H groups in total. The summed E-state index contributed by atoms with van der Waals surface area (Å²) in [5.74, 6) is -3.04. The first-order valence-corrected chi connectivity index (χ1v) is 4.71. The summed E-state index contributed by atoms with van der Waals surface area (Å²) in [4.78, 5) is 22.3. The third-order valence-electron chi connectivity index (χ3n) is 1.92. The lowest BCUT2D eigenvalue weighted by Crippen LogP contribution is -2.48. The summed E-state index contributed by atoms with van der Waals surface area (Å²) in [7, 11) is 0.939. The van der Waals surface area contributed by atoms with E-state index in [2.05, 4.69) is 0 Å². The summed E-state index contributed by atoms with van der Waals surface area (Å²) in [6.45, 7) is 1.51. The van der Waals surface area contributed by atoms with E-state index in [0.29, 0.717) is 4.90 Å². The summed E-state index contributed by atoms with van der Waals surface area (Å²) >= 11 is 5.22. The first-order chi connectivity index (χ1) is 6.75. The molecule has 0 aromatic rings. The van der Waals surface area contributed by atoms with Crippen molar-refractivity contribution < 1.29 is 22.8 Å². The number of amides is 1. The molecule has 0 rings (SSSR count). The van der Waals surface area contributed by atoms with Gasteiger partial charge in [-0.15, -0.1) is 11.6 Å². The molecule has 3 nitrogen and oxygen atoms in total. The molecule has 0 heterocycles. The van der Waals surface area contributed by atoms with E-state index in [1.54, 1.807) is 0 Å². The van der Waals surface area contributed by atoms with Crippen molar-refractivity contribution in [2.24, 2.45) is 0 Å². The van der Waals surface area contributed by atoms with E-state index in [-0.39, 0.29) is 6.42 Å². The number of hydrogen-bond acceptors (Lipinski definition) is 2. The van der Waals surface area contributed by atoms with Crippen molar-refractivity contribution in [3.8, 4) is 0 Å². The van der Waals surface area contributed by atoms with Crippen LogP contribution in [0.15, 0.2) is 0 Å². The van der Waals surface area contributed by atoms with Gasteiger partial charge in [-0.1, -0.05) is 6.92 Å². The number of ketones is 1. The Labute approximate surface area is 90.2 Å². The number of nitrogens with zero attached hydrogens (tertiary/aromatic N) is 1. The Hall–Kier alpha value is -0.780. The fourth-order valence-electron chi connectivity index (χ4n) is 1.15. The predicted molar refractivity (Wildman–Crippen MR) is 48.6 cm³/mol. The van der Waals surface area contributed by atoms with Gasteiger partial charge in [0.2, 0.25) is 0 Å². The lowest BCUT2D eigenvalue weighted by Gasteiger charge is -2.26. The Bertz CT molecular complexity index is 255. The number of rotatable bonds is 4. The number of halogens is 4. The average Bonchev–Trinajstić information content (AvgIpc) is 2.15. The largest absolute Gasteiger partial charge is 0.471 e. The number of alkyl halides is 4. The van der Waals surface area contributed by atoms with Crippen LogP contribution in [-0.2, 0) is 9.59 Å². The molecule has 1 amide bonds. The van der Waals surface area contributed by atoms with Crippen molar-refractivity contribution in [3.05, 3.63) is 0 Å². The molecule has 0 bridgehead atoms. The van der Waals surface area contributed by atoms with Crippen LogP contribution in [0, 0.1) is 0 Å². The quantitative estimate of drug-likeness (QED) is 0.706. The highest BCUT2D eigenvalue weighted by atomic mass is 35.5. The molecule has 1 unspecified atom stereocenters. The molecule has 7 heteroatoms. The summed E-state index contributed by atoms with van der Waals surface area (Å²) in [6, 6.07) is -1.11. The van der Waals surface area contributed by atoms with Gasteiger partial charge in [0, 0.05) is 7.05 Å². The van der Waals surface area contributed by atoms with Crippen molar-refractivity contribution in [1.29, 1.82) is 0 Å². The van der Waals surface area contributed by atoms with Gasteiger partial charge in [0.05, 0.1) is 11.9 Å².